The van der Waals surface area contributed by atoms with Gasteiger partial charge in [-0.3, -0.25) is 19.9 Å². The number of carbonyl (C=O) groups excluding carboxylic acids is 2. The first-order chi connectivity index (χ1) is 14.5. The highest BCUT2D eigenvalue weighted by Crippen LogP contribution is 2.31. The number of nitrogens with one attached hydrogen (secondary N) is 1. The van der Waals surface area contributed by atoms with Gasteiger partial charge in [0.05, 0.1) is 12.6 Å². The summed E-state index contributed by atoms with van der Waals surface area (Å²) in [4.78, 5) is 33.5. The van der Waals surface area contributed by atoms with Crippen molar-refractivity contribution in [3.8, 4) is 5.75 Å². The second-order valence-corrected chi connectivity index (χ2v) is 6.83. The first-order valence-corrected chi connectivity index (χ1v) is 9.56. The first kappa shape index (κ1) is 19.4. The van der Waals surface area contributed by atoms with Gasteiger partial charge in [0, 0.05) is 23.7 Å². The van der Waals surface area contributed by atoms with Crippen molar-refractivity contribution < 1.29 is 14.3 Å². The van der Waals surface area contributed by atoms with Gasteiger partial charge in [0.1, 0.15) is 17.0 Å². The van der Waals surface area contributed by atoms with Crippen molar-refractivity contribution in [1.82, 2.24) is 14.5 Å². The molecule has 0 aliphatic carbocycles. The maximum Gasteiger partial charge on any atom is 0.277 e. The minimum Gasteiger partial charge on any atom is -0.494 e. The Morgan fingerprint density at radius 3 is 2.73 bits per heavy atom. The second-order valence-electron chi connectivity index (χ2n) is 6.83. The lowest BCUT2D eigenvalue weighted by molar-refractivity contribution is 0.0997. The molecule has 0 atom stereocenters. The number of ether oxygens (including phenoxy) is 1. The molecule has 2 aromatic carbocycles. The van der Waals surface area contributed by atoms with Gasteiger partial charge >= 0.3 is 0 Å². The van der Waals surface area contributed by atoms with E-state index in [4.69, 9.17) is 10.5 Å². The molecule has 0 saturated heterocycles. The number of aryl methyl sites for hydroxylation is 1. The standard InChI is InChI=1S/C22H21N5O3/c1-3-10-27-19-16(11-14(20(23)28)12-17(19)30-2)25-22(27)26-21(29)18-15-7-5-4-6-13(15)8-9-24-18/h4-9,11-12H,3,10H2,1-2H3,(H2,23,28)(H,25,26,29). The van der Waals surface area contributed by atoms with E-state index < -0.39 is 5.91 Å². The smallest absolute Gasteiger partial charge is 0.277 e. The van der Waals surface area contributed by atoms with Crippen LogP contribution in [0.1, 0.15) is 34.2 Å². The monoisotopic (exact) mass is 403 g/mol. The molecule has 8 nitrogen and oxygen atoms in total. The molecule has 0 spiro atoms. The van der Waals surface area contributed by atoms with Crippen LogP contribution in [0, 0.1) is 0 Å². The molecule has 4 rings (SSSR count). The number of hydrogen-bond donors (Lipinski definition) is 2. The molecule has 0 aliphatic heterocycles. The third-order valence-electron chi connectivity index (χ3n) is 4.87. The number of pyridine rings is 1. The van der Waals surface area contributed by atoms with Gasteiger partial charge in [-0.05, 0) is 30.0 Å². The Balaban J connectivity index is 1.82. The van der Waals surface area contributed by atoms with Crippen LogP contribution in [-0.4, -0.2) is 33.5 Å². The van der Waals surface area contributed by atoms with Crippen LogP contribution in [0.3, 0.4) is 0 Å². The maximum absolute atomic E-state index is 13.1. The molecule has 0 unspecified atom stereocenters. The molecule has 4 aromatic rings. The number of anilines is 1. The number of imidazole rings is 1. The average Bonchev–Trinajstić information content (AvgIpc) is 3.09. The third-order valence-corrected chi connectivity index (χ3v) is 4.87. The van der Waals surface area contributed by atoms with Gasteiger partial charge < -0.3 is 15.0 Å². The SMILES string of the molecule is CCCn1c(NC(=O)c2nccc3ccccc23)nc2cc(C(N)=O)cc(OC)c21. The summed E-state index contributed by atoms with van der Waals surface area (Å²) in [7, 11) is 1.51. The van der Waals surface area contributed by atoms with Crippen molar-refractivity contribution >= 4 is 39.6 Å². The molecule has 0 radical (unpaired) electrons. The molecular formula is C22H21N5O3. The molecule has 8 heteroatoms. The van der Waals surface area contributed by atoms with Crippen LogP contribution >= 0.6 is 0 Å². The van der Waals surface area contributed by atoms with Gasteiger partial charge in [0.2, 0.25) is 11.9 Å². The summed E-state index contributed by atoms with van der Waals surface area (Å²) in [6.45, 7) is 2.62. The molecule has 0 bridgehead atoms. The zero-order valence-corrected chi connectivity index (χ0v) is 16.7. The number of aromatic nitrogens is 3. The van der Waals surface area contributed by atoms with Crippen LogP contribution in [0.2, 0.25) is 0 Å². The number of primary amides is 1. The van der Waals surface area contributed by atoms with Crippen molar-refractivity contribution in [3.05, 3.63) is 59.9 Å². The van der Waals surface area contributed by atoms with Crippen LogP contribution in [0.25, 0.3) is 21.8 Å². The van der Waals surface area contributed by atoms with Crippen molar-refractivity contribution in [3.63, 3.8) is 0 Å². The highest BCUT2D eigenvalue weighted by atomic mass is 16.5. The summed E-state index contributed by atoms with van der Waals surface area (Å²) in [5.41, 5.74) is 7.23. The summed E-state index contributed by atoms with van der Waals surface area (Å²) in [5.74, 6) is -0.128. The summed E-state index contributed by atoms with van der Waals surface area (Å²) in [6.07, 6.45) is 2.41. The number of hydrogen-bond acceptors (Lipinski definition) is 5. The van der Waals surface area contributed by atoms with Crippen LogP contribution in [0.15, 0.2) is 48.7 Å². The summed E-state index contributed by atoms with van der Waals surface area (Å²) in [5, 5.41) is 4.55. The lowest BCUT2D eigenvalue weighted by atomic mass is 10.1. The first-order valence-electron chi connectivity index (χ1n) is 9.56. The number of rotatable bonds is 6. The Bertz CT molecular complexity index is 1270. The highest BCUT2D eigenvalue weighted by Gasteiger charge is 2.20. The van der Waals surface area contributed by atoms with Crippen LogP contribution in [0.4, 0.5) is 5.95 Å². The number of benzene rings is 2. The zero-order chi connectivity index (χ0) is 21.3. The summed E-state index contributed by atoms with van der Waals surface area (Å²) in [6, 6.07) is 12.6. The Kier molecular flexibility index (Phi) is 5.05. The quantitative estimate of drug-likeness (QED) is 0.513. The molecule has 0 fully saturated rings. The Morgan fingerprint density at radius 2 is 2.00 bits per heavy atom. The van der Waals surface area contributed by atoms with E-state index >= 15 is 0 Å². The van der Waals surface area contributed by atoms with Crippen molar-refractivity contribution in [2.75, 3.05) is 12.4 Å². The predicted molar refractivity (Wildman–Crippen MR) is 115 cm³/mol. The summed E-state index contributed by atoms with van der Waals surface area (Å²) >= 11 is 0. The van der Waals surface area contributed by atoms with E-state index in [0.717, 1.165) is 17.2 Å². The van der Waals surface area contributed by atoms with E-state index in [9.17, 15) is 9.59 Å². The van der Waals surface area contributed by atoms with Crippen LogP contribution < -0.4 is 15.8 Å². The van der Waals surface area contributed by atoms with Gasteiger partial charge in [-0.1, -0.05) is 31.2 Å². The molecular weight excluding hydrogens is 382 g/mol. The van der Waals surface area contributed by atoms with Crippen molar-refractivity contribution in [2.45, 2.75) is 19.9 Å². The van der Waals surface area contributed by atoms with E-state index in [0.29, 0.717) is 35.0 Å². The molecule has 2 heterocycles. The molecule has 30 heavy (non-hydrogen) atoms. The number of nitrogens with two attached hydrogens (primary N) is 1. The number of nitrogens with zero attached hydrogens (tertiary/aromatic N) is 3. The van der Waals surface area contributed by atoms with E-state index in [-0.39, 0.29) is 11.5 Å². The third kappa shape index (κ3) is 3.32. The molecule has 2 amide bonds. The van der Waals surface area contributed by atoms with Crippen molar-refractivity contribution in [1.29, 1.82) is 0 Å². The molecule has 2 aromatic heterocycles. The lowest BCUT2D eigenvalue weighted by Crippen LogP contribution is -2.17. The fourth-order valence-electron chi connectivity index (χ4n) is 3.53. The Morgan fingerprint density at radius 1 is 1.20 bits per heavy atom. The number of methoxy groups -OCH3 is 1. The second kappa shape index (κ2) is 7.82. The minimum absolute atomic E-state index is 0.286. The molecule has 0 aliphatic rings. The van der Waals surface area contributed by atoms with Gasteiger partial charge in [0.25, 0.3) is 5.91 Å². The topological polar surface area (TPSA) is 112 Å². The van der Waals surface area contributed by atoms with Gasteiger partial charge in [0.15, 0.2) is 0 Å². The average molecular weight is 403 g/mol. The lowest BCUT2D eigenvalue weighted by Gasteiger charge is -2.11. The normalized spacial score (nSPS) is 11.0. The van der Waals surface area contributed by atoms with E-state index in [1.54, 1.807) is 18.3 Å². The molecule has 0 saturated carbocycles. The fraction of sp³-hybridized carbons (Fsp3) is 0.182. The maximum atomic E-state index is 13.1. The number of amides is 2. The number of carbonyl (C=O) groups is 2. The fourth-order valence-corrected chi connectivity index (χ4v) is 3.53. The number of fused-ring (bicyclic) bond motifs is 2. The summed E-state index contributed by atoms with van der Waals surface area (Å²) < 4.78 is 7.34. The largest absolute Gasteiger partial charge is 0.494 e. The van der Waals surface area contributed by atoms with Crippen LogP contribution in [-0.2, 0) is 6.54 Å². The van der Waals surface area contributed by atoms with E-state index in [1.165, 1.54) is 7.11 Å². The van der Waals surface area contributed by atoms with Crippen LogP contribution in [0.5, 0.6) is 5.75 Å². The molecule has 152 valence electrons. The van der Waals surface area contributed by atoms with Gasteiger partial charge in [-0.15, -0.1) is 0 Å². The van der Waals surface area contributed by atoms with Gasteiger partial charge in [-0.2, -0.15) is 0 Å². The van der Waals surface area contributed by atoms with Gasteiger partial charge in [-0.25, -0.2) is 4.98 Å². The van der Waals surface area contributed by atoms with E-state index in [2.05, 4.69) is 15.3 Å². The Labute approximate surface area is 172 Å². The molecule has 3 N–H and O–H groups in total. The minimum atomic E-state index is -0.578. The van der Waals surface area contributed by atoms with Crippen molar-refractivity contribution in [2.24, 2.45) is 5.73 Å². The van der Waals surface area contributed by atoms with E-state index in [1.807, 2.05) is 41.8 Å². The Hall–Kier alpha value is -3.94. The highest BCUT2D eigenvalue weighted by molar-refractivity contribution is 6.11. The zero-order valence-electron chi connectivity index (χ0n) is 16.7. The predicted octanol–water partition coefficient (Wildman–Crippen LogP) is 3.35.